The molecule has 0 saturated heterocycles. The molecule has 1 atom stereocenters. The molecule has 2 aromatic rings. The molecule has 0 spiro atoms. The Morgan fingerprint density at radius 3 is 2.58 bits per heavy atom. The predicted octanol–water partition coefficient (Wildman–Crippen LogP) is 4.41. The summed E-state index contributed by atoms with van der Waals surface area (Å²) < 4.78 is 0. The highest BCUT2D eigenvalue weighted by Gasteiger charge is 2.27. The molecule has 96 valence electrons. The lowest BCUT2D eigenvalue weighted by Gasteiger charge is -2.26. The zero-order valence-electron chi connectivity index (χ0n) is 11.4. The van der Waals surface area contributed by atoms with E-state index in [1.54, 1.807) is 0 Å². The molecule has 0 bridgehead atoms. The van der Waals surface area contributed by atoms with Crippen molar-refractivity contribution in [3.63, 3.8) is 0 Å². The number of rotatable bonds is 1. The third kappa shape index (κ3) is 2.10. The maximum Gasteiger partial charge on any atom is 0.163 e. The molecule has 1 aliphatic carbocycles. The van der Waals surface area contributed by atoms with E-state index < -0.39 is 0 Å². The summed E-state index contributed by atoms with van der Waals surface area (Å²) in [4.78, 5) is 12.1. The van der Waals surface area contributed by atoms with Crippen molar-refractivity contribution in [2.75, 3.05) is 0 Å². The first-order chi connectivity index (χ1) is 9.16. The molecule has 19 heavy (non-hydrogen) atoms. The van der Waals surface area contributed by atoms with E-state index in [0.717, 1.165) is 17.5 Å². The highest BCUT2D eigenvalue weighted by molar-refractivity contribution is 5.99. The fraction of sp³-hybridized carbons (Fsp3) is 0.278. The molecule has 0 radical (unpaired) electrons. The third-order valence-electron chi connectivity index (χ3n) is 4.11. The Labute approximate surface area is 114 Å². The summed E-state index contributed by atoms with van der Waals surface area (Å²) in [5, 5.41) is 0. The van der Waals surface area contributed by atoms with Crippen LogP contribution in [0.3, 0.4) is 0 Å². The van der Waals surface area contributed by atoms with Crippen LogP contribution >= 0.6 is 0 Å². The second-order valence-electron chi connectivity index (χ2n) is 5.46. The largest absolute Gasteiger partial charge is 0.294 e. The molecule has 0 saturated carbocycles. The topological polar surface area (TPSA) is 17.1 Å². The van der Waals surface area contributed by atoms with Crippen LogP contribution in [0.1, 0.15) is 51.4 Å². The Bertz CT molecular complexity index is 640. The third-order valence-corrected chi connectivity index (χ3v) is 4.11. The lowest BCUT2D eigenvalue weighted by atomic mass is 9.77. The quantitative estimate of drug-likeness (QED) is 0.732. The van der Waals surface area contributed by atoms with Gasteiger partial charge in [0.05, 0.1) is 0 Å². The normalized spacial score (nSPS) is 18.2. The summed E-state index contributed by atoms with van der Waals surface area (Å²) >= 11 is 0. The molecule has 0 heterocycles. The molecule has 1 aliphatic rings. The Hall–Kier alpha value is -1.89. The van der Waals surface area contributed by atoms with Gasteiger partial charge < -0.3 is 0 Å². The molecule has 0 amide bonds. The van der Waals surface area contributed by atoms with Crippen LogP contribution in [-0.4, -0.2) is 5.78 Å². The van der Waals surface area contributed by atoms with Gasteiger partial charge in [0.2, 0.25) is 0 Å². The van der Waals surface area contributed by atoms with Crippen LogP contribution in [-0.2, 0) is 0 Å². The van der Waals surface area contributed by atoms with Gasteiger partial charge in [0.1, 0.15) is 0 Å². The minimum absolute atomic E-state index is 0.295. The van der Waals surface area contributed by atoms with E-state index in [1.165, 1.54) is 16.7 Å². The summed E-state index contributed by atoms with van der Waals surface area (Å²) in [6, 6.07) is 14.8. The van der Waals surface area contributed by atoms with Crippen LogP contribution in [0.15, 0.2) is 42.5 Å². The first-order valence-electron chi connectivity index (χ1n) is 6.86. The molecule has 0 fully saturated rings. The van der Waals surface area contributed by atoms with Crippen molar-refractivity contribution >= 4 is 5.78 Å². The highest BCUT2D eigenvalue weighted by atomic mass is 16.1. The van der Waals surface area contributed by atoms with Crippen molar-refractivity contribution in [3.05, 3.63) is 70.3 Å². The van der Waals surface area contributed by atoms with Crippen molar-refractivity contribution in [2.45, 2.75) is 32.6 Å². The lowest BCUT2D eigenvalue weighted by molar-refractivity contribution is 0.0969. The number of fused-ring (bicyclic) bond motifs is 1. The van der Waals surface area contributed by atoms with Gasteiger partial charge >= 0.3 is 0 Å². The molecule has 2 aromatic carbocycles. The van der Waals surface area contributed by atoms with E-state index in [2.05, 4.69) is 43.3 Å². The minimum atomic E-state index is 0.295. The van der Waals surface area contributed by atoms with E-state index in [-0.39, 0.29) is 0 Å². The van der Waals surface area contributed by atoms with Crippen molar-refractivity contribution < 1.29 is 4.79 Å². The zero-order chi connectivity index (χ0) is 13.4. The first-order valence-corrected chi connectivity index (χ1v) is 6.86. The molecular weight excluding hydrogens is 232 g/mol. The van der Waals surface area contributed by atoms with E-state index >= 15 is 0 Å². The predicted molar refractivity (Wildman–Crippen MR) is 77.8 cm³/mol. The SMILES string of the molecule is Cc1ccc2c(c1)C(=O)CCC2c1ccccc1C. The van der Waals surface area contributed by atoms with Crippen LogP contribution in [0.4, 0.5) is 0 Å². The number of benzene rings is 2. The van der Waals surface area contributed by atoms with Gasteiger partial charge in [-0.1, -0.05) is 42.0 Å². The number of carbonyl (C=O) groups excluding carboxylic acids is 1. The number of ketones is 1. The summed E-state index contributed by atoms with van der Waals surface area (Å²) in [6.45, 7) is 4.20. The molecule has 0 aromatic heterocycles. The second kappa shape index (κ2) is 4.65. The van der Waals surface area contributed by atoms with E-state index in [4.69, 9.17) is 0 Å². The number of hydrogen-bond acceptors (Lipinski definition) is 1. The summed E-state index contributed by atoms with van der Waals surface area (Å²) in [5.74, 6) is 0.665. The van der Waals surface area contributed by atoms with Crippen molar-refractivity contribution in [2.24, 2.45) is 0 Å². The van der Waals surface area contributed by atoms with Gasteiger partial charge in [-0.3, -0.25) is 4.79 Å². The molecule has 1 heteroatoms. The van der Waals surface area contributed by atoms with Crippen molar-refractivity contribution in [1.82, 2.24) is 0 Å². The van der Waals surface area contributed by atoms with Gasteiger partial charge in [-0.25, -0.2) is 0 Å². The summed E-state index contributed by atoms with van der Waals surface area (Å²) in [6.07, 6.45) is 1.59. The minimum Gasteiger partial charge on any atom is -0.294 e. The fourth-order valence-electron chi connectivity index (χ4n) is 3.08. The standard InChI is InChI=1S/C18H18O/c1-12-7-8-16-15(9-10-18(19)17(16)11-12)14-6-4-3-5-13(14)2/h3-8,11,15H,9-10H2,1-2H3. The molecule has 1 nitrogen and oxygen atoms in total. The number of Topliss-reactive ketones (excluding diaryl/α,β-unsaturated/α-hetero) is 1. The van der Waals surface area contributed by atoms with Crippen LogP contribution in [0.25, 0.3) is 0 Å². The van der Waals surface area contributed by atoms with Gasteiger partial charge in [0, 0.05) is 17.9 Å². The molecule has 0 N–H and O–H groups in total. The van der Waals surface area contributed by atoms with E-state index in [1.807, 2.05) is 13.0 Å². The van der Waals surface area contributed by atoms with Crippen LogP contribution < -0.4 is 0 Å². The van der Waals surface area contributed by atoms with Crippen LogP contribution in [0.5, 0.6) is 0 Å². The Morgan fingerprint density at radius 1 is 1.00 bits per heavy atom. The van der Waals surface area contributed by atoms with Gasteiger partial charge in [-0.2, -0.15) is 0 Å². The fourth-order valence-corrected chi connectivity index (χ4v) is 3.08. The molecule has 0 aliphatic heterocycles. The molecule has 1 unspecified atom stereocenters. The van der Waals surface area contributed by atoms with Gasteiger partial charge in [-0.15, -0.1) is 0 Å². The highest BCUT2D eigenvalue weighted by Crippen LogP contribution is 2.38. The smallest absolute Gasteiger partial charge is 0.163 e. The number of hydrogen-bond donors (Lipinski definition) is 0. The number of aryl methyl sites for hydroxylation is 2. The number of carbonyl (C=O) groups is 1. The van der Waals surface area contributed by atoms with Crippen molar-refractivity contribution in [1.29, 1.82) is 0 Å². The van der Waals surface area contributed by atoms with Gasteiger partial charge in [0.25, 0.3) is 0 Å². The Kier molecular flexibility index (Phi) is 2.98. The zero-order valence-corrected chi connectivity index (χ0v) is 11.4. The average Bonchev–Trinajstić information content (AvgIpc) is 2.41. The van der Waals surface area contributed by atoms with Crippen LogP contribution in [0.2, 0.25) is 0 Å². The van der Waals surface area contributed by atoms with Crippen LogP contribution in [0, 0.1) is 13.8 Å². The van der Waals surface area contributed by atoms with E-state index in [0.29, 0.717) is 18.1 Å². The second-order valence-corrected chi connectivity index (χ2v) is 5.46. The average molecular weight is 250 g/mol. The maximum absolute atomic E-state index is 12.1. The van der Waals surface area contributed by atoms with Gasteiger partial charge in [0.15, 0.2) is 5.78 Å². The Balaban J connectivity index is 2.14. The molecule has 3 rings (SSSR count). The summed E-state index contributed by atoms with van der Waals surface area (Å²) in [7, 11) is 0. The summed E-state index contributed by atoms with van der Waals surface area (Å²) in [5.41, 5.74) is 5.97. The first kappa shape index (κ1) is 12.2. The van der Waals surface area contributed by atoms with E-state index in [9.17, 15) is 4.79 Å². The monoisotopic (exact) mass is 250 g/mol. The molecular formula is C18H18O. The maximum atomic E-state index is 12.1. The lowest BCUT2D eigenvalue weighted by Crippen LogP contribution is -2.17. The van der Waals surface area contributed by atoms with Crippen molar-refractivity contribution in [3.8, 4) is 0 Å². The van der Waals surface area contributed by atoms with Gasteiger partial charge in [-0.05, 0) is 43.0 Å². The Morgan fingerprint density at radius 2 is 1.79 bits per heavy atom.